The normalized spacial score (nSPS) is 11.4. The van der Waals surface area contributed by atoms with E-state index in [1.54, 1.807) is 11.0 Å². The number of aromatic nitrogens is 4. The third-order valence-corrected chi connectivity index (χ3v) is 3.91. The first-order valence-electron chi connectivity index (χ1n) is 8.68. The highest BCUT2D eigenvalue weighted by Crippen LogP contribution is 2.21. The standard InChI is InChI=1S/C20H23N5O/c1-5-16-18(24-25(23-16)20(2,3)4)19(26)22-15-10-8-9-14(13-15)17-11-6-7-12-21-17/h6-13H,5H2,1-4H3,(H,22,26). The van der Waals surface area contributed by atoms with Crippen LogP contribution in [0.3, 0.4) is 0 Å². The van der Waals surface area contributed by atoms with Gasteiger partial charge in [-0.3, -0.25) is 9.78 Å². The number of rotatable bonds is 4. The van der Waals surface area contributed by atoms with Crippen LogP contribution in [0.15, 0.2) is 48.7 Å². The minimum Gasteiger partial charge on any atom is -0.321 e. The van der Waals surface area contributed by atoms with E-state index in [0.29, 0.717) is 23.5 Å². The molecule has 0 aliphatic carbocycles. The van der Waals surface area contributed by atoms with Crippen molar-refractivity contribution in [3.05, 3.63) is 60.0 Å². The third-order valence-electron chi connectivity index (χ3n) is 3.91. The number of carbonyl (C=O) groups is 1. The highest BCUT2D eigenvalue weighted by Gasteiger charge is 2.23. The van der Waals surface area contributed by atoms with Gasteiger partial charge in [0.05, 0.1) is 16.9 Å². The quantitative estimate of drug-likeness (QED) is 0.775. The maximum atomic E-state index is 12.7. The minimum absolute atomic E-state index is 0.254. The van der Waals surface area contributed by atoms with Gasteiger partial charge in [0, 0.05) is 17.4 Å². The van der Waals surface area contributed by atoms with Gasteiger partial charge in [0.2, 0.25) is 0 Å². The largest absolute Gasteiger partial charge is 0.321 e. The summed E-state index contributed by atoms with van der Waals surface area (Å²) in [6.07, 6.45) is 2.39. The van der Waals surface area contributed by atoms with Crippen LogP contribution < -0.4 is 5.32 Å². The van der Waals surface area contributed by atoms with Gasteiger partial charge >= 0.3 is 0 Å². The Morgan fingerprint density at radius 2 is 1.92 bits per heavy atom. The molecule has 0 aliphatic heterocycles. The van der Waals surface area contributed by atoms with Crippen molar-refractivity contribution in [1.82, 2.24) is 20.0 Å². The van der Waals surface area contributed by atoms with E-state index < -0.39 is 0 Å². The summed E-state index contributed by atoms with van der Waals surface area (Å²) in [7, 11) is 0. The molecule has 3 rings (SSSR count). The van der Waals surface area contributed by atoms with Crippen molar-refractivity contribution in [2.24, 2.45) is 0 Å². The summed E-state index contributed by atoms with van der Waals surface area (Å²) < 4.78 is 0. The van der Waals surface area contributed by atoms with Crippen molar-refractivity contribution in [2.45, 2.75) is 39.7 Å². The van der Waals surface area contributed by atoms with Gasteiger partial charge in [0.25, 0.3) is 5.91 Å². The molecule has 0 bridgehead atoms. The number of hydrogen-bond acceptors (Lipinski definition) is 4. The molecule has 26 heavy (non-hydrogen) atoms. The number of anilines is 1. The van der Waals surface area contributed by atoms with Crippen molar-refractivity contribution in [1.29, 1.82) is 0 Å². The monoisotopic (exact) mass is 349 g/mol. The van der Waals surface area contributed by atoms with Gasteiger partial charge in [-0.05, 0) is 51.5 Å². The average molecular weight is 349 g/mol. The number of aryl methyl sites for hydroxylation is 1. The van der Waals surface area contributed by atoms with Gasteiger partial charge in [-0.2, -0.15) is 9.90 Å². The second-order valence-electron chi connectivity index (χ2n) is 7.06. The van der Waals surface area contributed by atoms with Crippen molar-refractivity contribution in [3.63, 3.8) is 0 Å². The molecule has 2 aromatic heterocycles. The van der Waals surface area contributed by atoms with Gasteiger partial charge < -0.3 is 5.32 Å². The molecule has 0 radical (unpaired) electrons. The molecule has 1 amide bonds. The predicted octanol–water partition coefficient (Wildman–Crippen LogP) is 3.91. The van der Waals surface area contributed by atoms with Gasteiger partial charge in [-0.15, -0.1) is 5.10 Å². The Labute approximate surface area is 153 Å². The van der Waals surface area contributed by atoms with Crippen molar-refractivity contribution < 1.29 is 4.79 Å². The highest BCUT2D eigenvalue weighted by atomic mass is 16.2. The molecule has 1 aromatic carbocycles. The van der Waals surface area contributed by atoms with Crippen LogP contribution in [0.1, 0.15) is 43.9 Å². The summed E-state index contributed by atoms with van der Waals surface area (Å²) in [5.41, 5.74) is 3.28. The number of nitrogens with zero attached hydrogens (tertiary/aromatic N) is 4. The van der Waals surface area contributed by atoms with E-state index in [0.717, 1.165) is 11.3 Å². The lowest BCUT2D eigenvalue weighted by atomic mass is 10.1. The number of benzene rings is 1. The zero-order valence-electron chi connectivity index (χ0n) is 15.5. The molecule has 2 heterocycles. The molecule has 0 atom stereocenters. The van der Waals surface area contributed by atoms with Crippen LogP contribution in [0, 0.1) is 0 Å². The van der Waals surface area contributed by atoms with E-state index in [9.17, 15) is 4.79 Å². The smallest absolute Gasteiger partial charge is 0.278 e. The van der Waals surface area contributed by atoms with Crippen LogP contribution in [-0.4, -0.2) is 25.9 Å². The molecule has 0 saturated heterocycles. The summed E-state index contributed by atoms with van der Waals surface area (Å²) in [5, 5.41) is 11.8. The molecule has 6 heteroatoms. The summed E-state index contributed by atoms with van der Waals surface area (Å²) in [4.78, 5) is 18.7. The Bertz CT molecular complexity index is 909. The van der Waals surface area contributed by atoms with Crippen LogP contribution in [0.2, 0.25) is 0 Å². The van der Waals surface area contributed by atoms with E-state index in [1.807, 2.05) is 70.2 Å². The van der Waals surface area contributed by atoms with Crippen LogP contribution in [0.5, 0.6) is 0 Å². The molecule has 6 nitrogen and oxygen atoms in total. The first-order valence-corrected chi connectivity index (χ1v) is 8.68. The molecular weight excluding hydrogens is 326 g/mol. The second-order valence-corrected chi connectivity index (χ2v) is 7.06. The second kappa shape index (κ2) is 7.07. The number of carbonyl (C=O) groups excluding carboxylic acids is 1. The summed E-state index contributed by atoms with van der Waals surface area (Å²) in [6.45, 7) is 7.98. The van der Waals surface area contributed by atoms with Gasteiger partial charge in [-0.25, -0.2) is 0 Å². The fourth-order valence-electron chi connectivity index (χ4n) is 2.53. The minimum atomic E-state index is -0.276. The number of nitrogens with one attached hydrogen (secondary N) is 1. The first-order chi connectivity index (χ1) is 12.4. The van der Waals surface area contributed by atoms with E-state index in [1.165, 1.54) is 0 Å². The molecule has 0 unspecified atom stereocenters. The lowest BCUT2D eigenvalue weighted by molar-refractivity contribution is 0.102. The summed E-state index contributed by atoms with van der Waals surface area (Å²) >= 11 is 0. The fourth-order valence-corrected chi connectivity index (χ4v) is 2.53. The van der Waals surface area contributed by atoms with Gasteiger partial charge in [0.1, 0.15) is 0 Å². The van der Waals surface area contributed by atoms with Crippen molar-refractivity contribution >= 4 is 11.6 Å². The SMILES string of the molecule is CCc1nn(C(C)(C)C)nc1C(=O)Nc1cccc(-c2ccccn2)c1. The third kappa shape index (κ3) is 3.79. The Morgan fingerprint density at radius 3 is 2.58 bits per heavy atom. The highest BCUT2D eigenvalue weighted by molar-refractivity contribution is 6.03. The average Bonchev–Trinajstić information content (AvgIpc) is 3.08. The van der Waals surface area contributed by atoms with Crippen LogP contribution in [-0.2, 0) is 12.0 Å². The van der Waals surface area contributed by atoms with E-state index in [4.69, 9.17) is 0 Å². The van der Waals surface area contributed by atoms with E-state index in [2.05, 4.69) is 20.5 Å². The molecule has 1 N–H and O–H groups in total. The predicted molar refractivity (Wildman–Crippen MR) is 102 cm³/mol. The number of hydrogen-bond donors (Lipinski definition) is 1. The van der Waals surface area contributed by atoms with Gasteiger partial charge in [0.15, 0.2) is 5.69 Å². The molecule has 0 fully saturated rings. The number of pyridine rings is 1. The van der Waals surface area contributed by atoms with Crippen molar-refractivity contribution in [2.75, 3.05) is 5.32 Å². The van der Waals surface area contributed by atoms with Crippen molar-refractivity contribution in [3.8, 4) is 11.3 Å². The van der Waals surface area contributed by atoms with Crippen LogP contribution in [0.25, 0.3) is 11.3 Å². The Kier molecular flexibility index (Phi) is 4.84. The maximum absolute atomic E-state index is 12.7. The molecule has 3 aromatic rings. The Hall–Kier alpha value is -3.02. The van der Waals surface area contributed by atoms with Crippen LogP contribution >= 0.6 is 0 Å². The maximum Gasteiger partial charge on any atom is 0.278 e. The Morgan fingerprint density at radius 1 is 1.12 bits per heavy atom. The topological polar surface area (TPSA) is 72.7 Å². The fraction of sp³-hybridized carbons (Fsp3) is 0.300. The zero-order chi connectivity index (χ0) is 18.7. The molecule has 0 spiro atoms. The van der Waals surface area contributed by atoms with E-state index in [-0.39, 0.29) is 11.4 Å². The summed E-state index contributed by atoms with van der Waals surface area (Å²) in [5.74, 6) is -0.254. The number of amides is 1. The molecule has 0 aliphatic rings. The molecule has 0 saturated carbocycles. The zero-order valence-corrected chi connectivity index (χ0v) is 15.5. The lowest BCUT2D eigenvalue weighted by Gasteiger charge is -2.16. The first kappa shape index (κ1) is 17.8. The van der Waals surface area contributed by atoms with E-state index >= 15 is 0 Å². The lowest BCUT2D eigenvalue weighted by Crippen LogP contribution is -2.25. The summed E-state index contributed by atoms with van der Waals surface area (Å²) in [6, 6.07) is 13.4. The molecular formula is C20H23N5O. The molecule has 134 valence electrons. The Balaban J connectivity index is 1.86. The van der Waals surface area contributed by atoms with Crippen LogP contribution in [0.4, 0.5) is 5.69 Å². The van der Waals surface area contributed by atoms with Gasteiger partial charge in [-0.1, -0.05) is 25.1 Å².